The van der Waals surface area contributed by atoms with E-state index in [4.69, 9.17) is 0 Å². The molecule has 3 nitrogen and oxygen atoms in total. The number of thiophene rings is 1. The van der Waals surface area contributed by atoms with Crippen LogP contribution in [0.3, 0.4) is 0 Å². The van der Waals surface area contributed by atoms with E-state index in [0.717, 1.165) is 5.52 Å². The Morgan fingerprint density at radius 3 is 1.03 bits per heavy atom. The summed E-state index contributed by atoms with van der Waals surface area (Å²) in [6.45, 7) is 0. The van der Waals surface area contributed by atoms with Crippen LogP contribution in [0, 0.1) is 0 Å². The molecule has 0 bridgehead atoms. The van der Waals surface area contributed by atoms with Gasteiger partial charge >= 0.3 is 0 Å². The molecule has 0 aliphatic heterocycles. The zero-order chi connectivity index (χ0) is 43.7. The first kappa shape index (κ1) is 43.9. The zero-order valence-corrected chi connectivity index (χ0v) is 36.2. The SMILES string of the molecule is c1ccc2c(c1)ccc1ccccc12.c1ccc2cc3ccccc3cc2c1.c1ccc2ccccc2c1.c1ccc2ncccc2c1.c1ccncc1.c1ccoc1.c1ccsc1. The minimum absolute atomic E-state index is 1.06. The van der Waals surface area contributed by atoms with Crippen molar-refractivity contribution in [2.45, 2.75) is 0 Å². The molecular formula is C60H48N2OS. The van der Waals surface area contributed by atoms with Gasteiger partial charge in [0, 0.05) is 24.0 Å². The van der Waals surface area contributed by atoms with E-state index in [0.29, 0.717) is 0 Å². The second-order valence-electron chi connectivity index (χ2n) is 14.2. The van der Waals surface area contributed by atoms with Crippen LogP contribution in [-0.4, -0.2) is 9.97 Å². The molecule has 4 heterocycles. The van der Waals surface area contributed by atoms with Gasteiger partial charge in [0.1, 0.15) is 0 Å². The normalized spacial score (nSPS) is 9.88. The fourth-order valence-corrected chi connectivity index (χ4v) is 7.21. The fraction of sp³-hybridized carbons (Fsp3) is 0. The highest BCUT2D eigenvalue weighted by Gasteiger charge is 1.98. The van der Waals surface area contributed by atoms with Crippen molar-refractivity contribution in [3.05, 3.63) is 291 Å². The average Bonchev–Trinajstić information content (AvgIpc) is 4.19. The van der Waals surface area contributed by atoms with E-state index in [-0.39, 0.29) is 0 Å². The summed E-state index contributed by atoms with van der Waals surface area (Å²) < 4.78 is 4.58. The quantitative estimate of drug-likeness (QED) is 0.113. The summed E-state index contributed by atoms with van der Waals surface area (Å²) in [6, 6.07) is 85.0. The number of benzene rings is 9. The lowest BCUT2D eigenvalue weighted by Crippen LogP contribution is -1.75. The molecule has 0 spiro atoms. The average molecular weight is 845 g/mol. The van der Waals surface area contributed by atoms with Gasteiger partial charge in [0.25, 0.3) is 0 Å². The van der Waals surface area contributed by atoms with Crippen molar-refractivity contribution in [3.63, 3.8) is 0 Å². The van der Waals surface area contributed by atoms with Crippen LogP contribution in [0.4, 0.5) is 0 Å². The van der Waals surface area contributed by atoms with Gasteiger partial charge in [0.2, 0.25) is 0 Å². The van der Waals surface area contributed by atoms with Crippen molar-refractivity contribution >= 4 is 76.1 Å². The van der Waals surface area contributed by atoms with Gasteiger partial charge in [-0.2, -0.15) is 11.3 Å². The van der Waals surface area contributed by atoms with Crippen molar-refractivity contribution in [2.24, 2.45) is 0 Å². The van der Waals surface area contributed by atoms with E-state index in [2.05, 4.69) is 196 Å². The first-order valence-corrected chi connectivity index (χ1v) is 22.0. The Hall–Kier alpha value is -8.18. The predicted octanol–water partition coefficient (Wildman–Crippen LogP) is 17.2. The number of hydrogen-bond donors (Lipinski definition) is 0. The van der Waals surface area contributed by atoms with Crippen LogP contribution < -0.4 is 0 Å². The second-order valence-corrected chi connectivity index (χ2v) is 15.0. The molecule has 0 fully saturated rings. The predicted molar refractivity (Wildman–Crippen MR) is 276 cm³/mol. The van der Waals surface area contributed by atoms with Crippen LogP contribution in [0.25, 0.3) is 64.8 Å². The Kier molecular flexibility index (Phi) is 17.1. The number of nitrogens with zero attached hydrogens (tertiary/aromatic N) is 2. The maximum absolute atomic E-state index is 4.58. The standard InChI is InChI=1S/2C14H10.C10H8.C9H7N.C5H5N.C4H4O.C4H4S/c1-3-7-13-11(5-1)9-10-12-6-2-4-8-14(12)13;1-2-6-12-10-14-8-4-3-7-13(14)9-11(12)5-1;1-2-6-10-8-4-3-7-9(10)5-1;1-2-6-9-8(4-1)5-3-7-10-9;1-2-4-6-5-3-1;2*1-2-4-5-3-1/h2*1-10H;1-8H;1-7H;1-5H;2*1-4H. The fourth-order valence-electron chi connectivity index (χ4n) is 6.75. The maximum Gasteiger partial charge on any atom is 0.0902 e. The molecule has 0 unspecified atom stereocenters. The van der Waals surface area contributed by atoms with E-state index >= 15 is 0 Å². The van der Waals surface area contributed by atoms with Crippen LogP contribution in [0.2, 0.25) is 0 Å². The van der Waals surface area contributed by atoms with E-state index in [9.17, 15) is 0 Å². The van der Waals surface area contributed by atoms with Crippen LogP contribution in [0.15, 0.2) is 295 Å². The van der Waals surface area contributed by atoms with E-state index in [1.54, 1.807) is 36.3 Å². The smallest absolute Gasteiger partial charge is 0.0902 e. The van der Waals surface area contributed by atoms with Crippen molar-refractivity contribution in [1.29, 1.82) is 0 Å². The van der Waals surface area contributed by atoms with Gasteiger partial charge in [-0.05, 0) is 113 Å². The first-order valence-electron chi connectivity index (χ1n) is 21.1. The molecule has 13 aromatic rings. The molecular weight excluding hydrogens is 797 g/mol. The van der Waals surface area contributed by atoms with Crippen molar-refractivity contribution in [1.82, 2.24) is 9.97 Å². The molecule has 0 aliphatic rings. The zero-order valence-electron chi connectivity index (χ0n) is 35.4. The number of hydrogen-bond acceptors (Lipinski definition) is 4. The van der Waals surface area contributed by atoms with Gasteiger partial charge in [-0.3, -0.25) is 9.97 Å². The Morgan fingerprint density at radius 1 is 0.281 bits per heavy atom. The summed E-state index contributed by atoms with van der Waals surface area (Å²) in [6.07, 6.45) is 8.56. The monoisotopic (exact) mass is 844 g/mol. The molecule has 0 radical (unpaired) electrons. The molecule has 64 heavy (non-hydrogen) atoms. The lowest BCUT2D eigenvalue weighted by molar-refractivity contribution is 0.567. The van der Waals surface area contributed by atoms with Gasteiger partial charge in [0.05, 0.1) is 18.0 Å². The molecule has 9 aromatic carbocycles. The van der Waals surface area contributed by atoms with Crippen LogP contribution in [0.1, 0.15) is 0 Å². The second kappa shape index (κ2) is 24.9. The highest BCUT2D eigenvalue weighted by atomic mass is 32.1. The number of fused-ring (bicyclic) bond motifs is 7. The minimum atomic E-state index is 1.06. The largest absolute Gasteiger partial charge is 0.473 e. The minimum Gasteiger partial charge on any atom is -0.473 e. The van der Waals surface area contributed by atoms with Gasteiger partial charge < -0.3 is 4.42 Å². The molecule has 13 rings (SSSR count). The van der Waals surface area contributed by atoms with Crippen LogP contribution >= 0.6 is 11.3 Å². The lowest BCUT2D eigenvalue weighted by Gasteiger charge is -2.02. The number of pyridine rings is 2. The third-order valence-electron chi connectivity index (χ3n) is 9.86. The van der Waals surface area contributed by atoms with Gasteiger partial charge in [-0.1, -0.05) is 200 Å². The molecule has 4 aromatic heterocycles. The summed E-state index contributed by atoms with van der Waals surface area (Å²) in [5.74, 6) is 0. The van der Waals surface area contributed by atoms with Crippen molar-refractivity contribution in [3.8, 4) is 0 Å². The summed E-state index contributed by atoms with van der Waals surface area (Å²) >= 11 is 1.71. The highest BCUT2D eigenvalue weighted by Crippen LogP contribution is 2.25. The number of aromatic nitrogens is 2. The Balaban J connectivity index is 0.000000116. The first-order chi connectivity index (χ1) is 31.8. The van der Waals surface area contributed by atoms with E-state index in [1.807, 2.05) is 83.7 Å². The van der Waals surface area contributed by atoms with Gasteiger partial charge in [0.15, 0.2) is 0 Å². The summed E-state index contributed by atoms with van der Waals surface area (Å²) in [4.78, 5) is 7.97. The summed E-state index contributed by atoms with van der Waals surface area (Å²) in [7, 11) is 0. The lowest BCUT2D eigenvalue weighted by atomic mass is 10.0. The van der Waals surface area contributed by atoms with Gasteiger partial charge in [-0.15, -0.1) is 0 Å². The third kappa shape index (κ3) is 13.7. The number of para-hydroxylation sites is 1. The molecule has 310 valence electrons. The maximum atomic E-state index is 4.58. The van der Waals surface area contributed by atoms with Crippen LogP contribution in [-0.2, 0) is 0 Å². The molecule has 0 atom stereocenters. The molecule has 0 saturated carbocycles. The van der Waals surface area contributed by atoms with Gasteiger partial charge in [-0.25, -0.2) is 0 Å². The number of furan rings is 1. The Bertz CT molecular complexity index is 2830. The number of rotatable bonds is 0. The molecule has 0 amide bonds. The van der Waals surface area contributed by atoms with E-state index < -0.39 is 0 Å². The highest BCUT2D eigenvalue weighted by molar-refractivity contribution is 7.07. The third-order valence-corrected chi connectivity index (χ3v) is 10.5. The van der Waals surface area contributed by atoms with Crippen molar-refractivity contribution in [2.75, 3.05) is 0 Å². The topological polar surface area (TPSA) is 38.9 Å². The molecule has 0 N–H and O–H groups in total. The summed E-state index contributed by atoms with van der Waals surface area (Å²) in [5.41, 5.74) is 1.06. The molecule has 4 heteroatoms. The Morgan fingerprint density at radius 2 is 0.672 bits per heavy atom. The Labute approximate surface area is 379 Å². The summed E-state index contributed by atoms with van der Waals surface area (Å²) in [5, 5.41) is 18.4. The van der Waals surface area contributed by atoms with E-state index in [1.165, 1.54) is 59.2 Å². The van der Waals surface area contributed by atoms with Crippen molar-refractivity contribution < 1.29 is 4.42 Å². The molecule has 0 aliphatic carbocycles. The molecule has 0 saturated heterocycles. The van der Waals surface area contributed by atoms with Crippen LogP contribution in [0.5, 0.6) is 0 Å².